The topological polar surface area (TPSA) is 186 Å². The van der Waals surface area contributed by atoms with Gasteiger partial charge in [0.05, 0.1) is 6.61 Å². The first-order chi connectivity index (χ1) is 12.0. The molecule has 0 aromatic carbocycles. The maximum Gasteiger partial charge on any atom is 1.00 e. The predicted octanol–water partition coefficient (Wildman–Crippen LogP) is -5.14. The van der Waals surface area contributed by atoms with Gasteiger partial charge in [0.2, 0.25) is 0 Å². The minimum Gasteiger partial charge on any atom is -0.714 e. The second-order valence-electron chi connectivity index (χ2n) is 5.52. The van der Waals surface area contributed by atoms with Gasteiger partial charge in [0.1, 0.15) is 34.9 Å². The second-order valence-corrected chi connectivity index (χ2v) is 9.21. The van der Waals surface area contributed by atoms with Crippen LogP contribution in [0.25, 0.3) is 0 Å². The van der Waals surface area contributed by atoms with Gasteiger partial charge >= 0.3 is 51.4 Å². The van der Waals surface area contributed by atoms with Crippen LogP contribution >= 0.6 is 11.8 Å². The molecule has 1 saturated heterocycles. The molecule has 6 atom stereocenters. The van der Waals surface area contributed by atoms with E-state index < -0.39 is 57.7 Å². The van der Waals surface area contributed by atoms with Crippen LogP contribution in [0.5, 0.6) is 0 Å². The van der Waals surface area contributed by atoms with E-state index in [0.717, 1.165) is 0 Å². The van der Waals surface area contributed by atoms with E-state index in [0.29, 0.717) is 30.4 Å². The Morgan fingerprint density at radius 2 is 1.89 bits per heavy atom. The molecule has 0 radical (unpaired) electrons. The summed E-state index contributed by atoms with van der Waals surface area (Å²) in [5, 5.41) is 41.9. The first-order valence-electron chi connectivity index (χ1n) is 7.53. The Morgan fingerprint density at radius 3 is 2.41 bits per heavy atom. The predicted molar refractivity (Wildman–Crippen MR) is 92.4 cm³/mol. The van der Waals surface area contributed by atoms with Gasteiger partial charge in [-0.15, -0.1) is 0 Å². The van der Waals surface area contributed by atoms with Crippen molar-refractivity contribution in [2.75, 3.05) is 18.6 Å². The van der Waals surface area contributed by atoms with Crippen molar-refractivity contribution in [2.45, 2.75) is 49.1 Å². The zero-order chi connectivity index (χ0) is 19.9. The smallest absolute Gasteiger partial charge is 0.714 e. The van der Waals surface area contributed by atoms with Gasteiger partial charge < -0.3 is 29.7 Å². The Morgan fingerprint density at radius 1 is 1.26 bits per heavy atom. The van der Waals surface area contributed by atoms with Gasteiger partial charge in [0, 0.05) is 22.8 Å². The summed E-state index contributed by atoms with van der Waals surface area (Å²) in [7, 11) is -6.09. The van der Waals surface area contributed by atoms with Crippen LogP contribution in [0.2, 0.25) is 0 Å². The number of thioether (sulfide) groups is 1. The van der Waals surface area contributed by atoms with E-state index in [-0.39, 0.29) is 62.8 Å². The molecule has 1 aliphatic heterocycles. The third kappa shape index (κ3) is 10.8. The molecule has 11 nitrogen and oxygen atoms in total. The maximum atomic E-state index is 11.0. The minimum absolute atomic E-state index is 0. The number of hydrogen-bond donors (Lipinski definition) is 4. The summed E-state index contributed by atoms with van der Waals surface area (Å²) in [4.78, 5) is 0. The molecule has 1 aliphatic rings. The summed E-state index contributed by atoms with van der Waals surface area (Å²) >= 11 is 0.690. The van der Waals surface area contributed by atoms with Gasteiger partial charge in [-0.3, -0.25) is 8.49 Å². The van der Waals surface area contributed by atoms with Crippen LogP contribution in [0.3, 0.4) is 0 Å². The first-order valence-corrected chi connectivity index (χ1v) is 11.5. The fraction of sp³-hybridized carbons (Fsp3) is 0.917. The van der Waals surface area contributed by atoms with Gasteiger partial charge in [-0.2, -0.15) is 8.42 Å². The van der Waals surface area contributed by atoms with Gasteiger partial charge in [0.15, 0.2) is 0 Å². The van der Waals surface area contributed by atoms with Crippen molar-refractivity contribution in [1.82, 2.24) is 0 Å². The Bertz CT molecular complexity index is 602. The number of aliphatic hydroxyl groups is 4. The van der Waals surface area contributed by atoms with Crippen LogP contribution < -0.4 is 51.4 Å². The van der Waals surface area contributed by atoms with Crippen molar-refractivity contribution in [2.24, 2.45) is 5.16 Å². The van der Waals surface area contributed by atoms with E-state index >= 15 is 0 Å². The molecule has 0 bridgehead atoms. The largest absolute Gasteiger partial charge is 1.00 e. The molecule has 0 aromatic heterocycles. The minimum atomic E-state index is -5.08. The summed E-state index contributed by atoms with van der Waals surface area (Å²) in [6, 6.07) is 0. The fourth-order valence-electron chi connectivity index (χ4n) is 2.09. The van der Waals surface area contributed by atoms with Crippen LogP contribution in [0, 0.1) is 0 Å². The van der Waals surface area contributed by atoms with Crippen molar-refractivity contribution in [3.8, 4) is 0 Å². The van der Waals surface area contributed by atoms with Crippen LogP contribution in [-0.2, 0) is 30.2 Å². The molecule has 0 amide bonds. The molecule has 1 rings (SSSR count). The quantitative estimate of drug-likeness (QED) is 0.0475. The molecule has 1 unspecified atom stereocenters. The van der Waals surface area contributed by atoms with E-state index in [1.54, 1.807) is 0 Å². The number of aliphatic hydroxyl groups excluding tert-OH is 4. The van der Waals surface area contributed by atoms with E-state index in [2.05, 4.69) is 9.44 Å². The van der Waals surface area contributed by atoms with Crippen molar-refractivity contribution in [1.29, 1.82) is 0 Å². The molecule has 0 aromatic rings. The third-order valence-corrected chi connectivity index (χ3v) is 5.70. The van der Waals surface area contributed by atoms with E-state index in [9.17, 15) is 32.5 Å². The van der Waals surface area contributed by atoms with Crippen LogP contribution in [0.1, 0.15) is 19.3 Å². The molecular formula is C12H22KNO10S3. The number of hydrogen-bond acceptors (Lipinski definition) is 12. The van der Waals surface area contributed by atoms with Crippen LogP contribution in [-0.4, -0.2) is 91.1 Å². The summed E-state index contributed by atoms with van der Waals surface area (Å²) < 4.78 is 51.9. The van der Waals surface area contributed by atoms with Crippen molar-refractivity contribution in [3.63, 3.8) is 0 Å². The normalized spacial score (nSPS) is 30.4. The van der Waals surface area contributed by atoms with E-state index in [4.69, 9.17) is 9.84 Å². The van der Waals surface area contributed by atoms with Crippen molar-refractivity contribution < 1.29 is 98.0 Å². The van der Waals surface area contributed by atoms with Gasteiger partial charge in [0.25, 0.3) is 10.4 Å². The summed E-state index contributed by atoms with van der Waals surface area (Å²) in [6.07, 6.45) is -3.21. The maximum absolute atomic E-state index is 11.0. The zero-order valence-corrected chi connectivity index (χ0v) is 20.4. The van der Waals surface area contributed by atoms with Crippen molar-refractivity contribution in [3.05, 3.63) is 0 Å². The summed E-state index contributed by atoms with van der Waals surface area (Å²) in [5.74, 6) is 0.415. The molecule has 154 valence electrons. The Hall–Kier alpha value is 1.32. The van der Waals surface area contributed by atoms with E-state index in [1.807, 2.05) is 0 Å². The average Bonchev–Trinajstić information content (AvgIpc) is 2.55. The van der Waals surface area contributed by atoms with E-state index in [1.165, 1.54) is 6.26 Å². The standard InChI is InChI=1S/C12H23NO10S3.K/c1-25(18)5-3-2-4-8(13-23-26(19,20)21)24-12-11(17)10(16)9(15)7(6-14)22-12;/h7,9-12,14-17H,2-6H2,1H3,(H,19,20,21);/q;+1/p-1/b13-8-;/t7-,9-,10+,11-,12+,25?;/m1./s1. The molecular weight excluding hydrogens is 453 g/mol. The zero-order valence-electron chi connectivity index (χ0n) is 14.8. The van der Waals surface area contributed by atoms with Gasteiger partial charge in [-0.25, -0.2) is 0 Å². The van der Waals surface area contributed by atoms with Crippen LogP contribution in [0.4, 0.5) is 0 Å². The average molecular weight is 476 g/mol. The second kappa shape index (κ2) is 13.6. The van der Waals surface area contributed by atoms with Crippen LogP contribution in [0.15, 0.2) is 5.16 Å². The third-order valence-electron chi connectivity index (χ3n) is 3.40. The number of ether oxygens (including phenoxy) is 1. The monoisotopic (exact) mass is 475 g/mol. The molecule has 0 saturated carbocycles. The SMILES string of the molecule is CS(=O)CCCC/C(=N/OS(=O)(=O)[O-])S[C@@H]1O[C@H](CO)[C@@H](O)[C@H](O)[C@H]1O.[K+]. The molecule has 1 fully saturated rings. The molecule has 4 N–H and O–H groups in total. The number of nitrogens with zero attached hydrogens (tertiary/aromatic N) is 1. The molecule has 0 spiro atoms. The molecule has 15 heteroatoms. The Labute approximate surface area is 206 Å². The van der Waals surface area contributed by atoms with Gasteiger partial charge in [-0.1, -0.05) is 16.9 Å². The Kier molecular flexibility index (Phi) is 14.2. The molecule has 27 heavy (non-hydrogen) atoms. The summed E-state index contributed by atoms with van der Waals surface area (Å²) in [5.41, 5.74) is -1.19. The van der Waals surface area contributed by atoms with Crippen molar-refractivity contribution >= 4 is 38.0 Å². The van der Waals surface area contributed by atoms with Gasteiger partial charge in [-0.05, 0) is 19.3 Å². The number of oxime groups is 1. The fourth-order valence-corrected chi connectivity index (χ4v) is 4.04. The number of rotatable bonds is 9. The first kappa shape index (κ1) is 28.3. The molecule has 0 aliphatic carbocycles. The number of unbranched alkanes of at least 4 members (excludes halogenated alkanes) is 1. The summed E-state index contributed by atoms with van der Waals surface area (Å²) in [6.45, 7) is -0.623. The Balaban J connectivity index is 0.00000676. The molecule has 1 heterocycles.